The summed E-state index contributed by atoms with van der Waals surface area (Å²) in [6.45, 7) is 4.05. The van der Waals surface area contributed by atoms with Gasteiger partial charge >= 0.3 is 0 Å². The lowest BCUT2D eigenvalue weighted by Crippen LogP contribution is -2.01. The van der Waals surface area contributed by atoms with Crippen LogP contribution in [0.4, 0.5) is 11.4 Å². The maximum absolute atomic E-state index is 6.08. The van der Waals surface area contributed by atoms with Crippen molar-refractivity contribution >= 4 is 11.4 Å². The van der Waals surface area contributed by atoms with E-state index in [1.165, 1.54) is 0 Å². The molecule has 17 heavy (non-hydrogen) atoms. The number of para-hydroxylation sites is 2. The van der Waals surface area contributed by atoms with Crippen molar-refractivity contribution in [3.05, 3.63) is 58.7 Å². The standard InChI is InChI=1S/C15H18N2/c1-10-5-3-7-12(14(10)16)9-13-8-4-6-11(2)15(13)17/h3-8H,9,16-17H2,1-2H3. The van der Waals surface area contributed by atoms with Crippen molar-refractivity contribution in [2.75, 3.05) is 11.5 Å². The van der Waals surface area contributed by atoms with Gasteiger partial charge in [0.05, 0.1) is 0 Å². The van der Waals surface area contributed by atoms with Crippen LogP contribution < -0.4 is 11.5 Å². The summed E-state index contributed by atoms with van der Waals surface area (Å²) in [5.74, 6) is 0. The molecule has 0 aliphatic heterocycles. The molecule has 0 aliphatic rings. The SMILES string of the molecule is Cc1cccc(Cc2cccc(C)c2N)c1N. The number of anilines is 2. The molecule has 2 rings (SSSR count). The van der Waals surface area contributed by atoms with Crippen molar-refractivity contribution < 1.29 is 0 Å². The smallest absolute Gasteiger partial charge is 0.0379 e. The van der Waals surface area contributed by atoms with E-state index in [0.29, 0.717) is 0 Å². The largest absolute Gasteiger partial charge is 0.398 e. The van der Waals surface area contributed by atoms with Crippen molar-refractivity contribution in [2.24, 2.45) is 0 Å². The van der Waals surface area contributed by atoms with Crippen LogP contribution in [-0.4, -0.2) is 0 Å². The van der Waals surface area contributed by atoms with Gasteiger partial charge in [-0.25, -0.2) is 0 Å². The van der Waals surface area contributed by atoms with Crippen LogP contribution in [0.15, 0.2) is 36.4 Å². The van der Waals surface area contributed by atoms with E-state index in [2.05, 4.69) is 12.1 Å². The van der Waals surface area contributed by atoms with Crippen molar-refractivity contribution in [3.8, 4) is 0 Å². The number of benzene rings is 2. The van der Waals surface area contributed by atoms with Crippen molar-refractivity contribution in [3.63, 3.8) is 0 Å². The molecule has 0 amide bonds. The number of hydrogen-bond donors (Lipinski definition) is 2. The maximum Gasteiger partial charge on any atom is 0.0379 e. The fourth-order valence-electron chi connectivity index (χ4n) is 2.00. The highest BCUT2D eigenvalue weighted by molar-refractivity contribution is 5.59. The van der Waals surface area contributed by atoms with Crippen LogP contribution in [0, 0.1) is 13.8 Å². The molecule has 0 saturated carbocycles. The fourth-order valence-corrected chi connectivity index (χ4v) is 2.00. The van der Waals surface area contributed by atoms with E-state index in [4.69, 9.17) is 11.5 Å². The molecule has 0 spiro atoms. The Morgan fingerprint density at radius 2 is 1.18 bits per heavy atom. The van der Waals surface area contributed by atoms with Crippen molar-refractivity contribution in [1.29, 1.82) is 0 Å². The van der Waals surface area contributed by atoms with Gasteiger partial charge in [0.15, 0.2) is 0 Å². The fraction of sp³-hybridized carbons (Fsp3) is 0.200. The quantitative estimate of drug-likeness (QED) is 0.773. The molecule has 0 bridgehead atoms. The van der Waals surface area contributed by atoms with E-state index in [1.54, 1.807) is 0 Å². The van der Waals surface area contributed by atoms with Crippen molar-refractivity contribution in [2.45, 2.75) is 20.3 Å². The highest BCUT2D eigenvalue weighted by Crippen LogP contribution is 2.24. The van der Waals surface area contributed by atoms with Crippen LogP contribution in [0.25, 0.3) is 0 Å². The zero-order valence-corrected chi connectivity index (χ0v) is 10.3. The first-order valence-electron chi connectivity index (χ1n) is 5.77. The summed E-state index contributed by atoms with van der Waals surface area (Å²) >= 11 is 0. The monoisotopic (exact) mass is 226 g/mol. The topological polar surface area (TPSA) is 52.0 Å². The Balaban J connectivity index is 2.38. The highest BCUT2D eigenvalue weighted by Gasteiger charge is 2.06. The highest BCUT2D eigenvalue weighted by atomic mass is 14.6. The number of rotatable bonds is 2. The summed E-state index contributed by atoms with van der Waals surface area (Å²) in [6.07, 6.45) is 0.793. The second-order valence-corrected chi connectivity index (χ2v) is 4.47. The third-order valence-electron chi connectivity index (χ3n) is 3.21. The van der Waals surface area contributed by atoms with Gasteiger partial charge in [0, 0.05) is 17.8 Å². The van der Waals surface area contributed by atoms with Gasteiger partial charge in [-0.05, 0) is 36.1 Å². The minimum Gasteiger partial charge on any atom is -0.398 e. The van der Waals surface area contributed by atoms with E-state index in [1.807, 2.05) is 38.1 Å². The van der Waals surface area contributed by atoms with E-state index in [-0.39, 0.29) is 0 Å². The number of hydrogen-bond acceptors (Lipinski definition) is 2. The Morgan fingerprint density at radius 3 is 1.59 bits per heavy atom. The average molecular weight is 226 g/mol. The molecule has 0 aliphatic carbocycles. The second-order valence-electron chi connectivity index (χ2n) is 4.47. The summed E-state index contributed by atoms with van der Waals surface area (Å²) < 4.78 is 0. The Hall–Kier alpha value is -1.96. The molecule has 0 aromatic heterocycles. The summed E-state index contributed by atoms with van der Waals surface area (Å²) in [4.78, 5) is 0. The molecule has 0 saturated heterocycles. The predicted molar refractivity (Wildman–Crippen MR) is 74.0 cm³/mol. The molecule has 2 aromatic rings. The third-order valence-corrected chi connectivity index (χ3v) is 3.21. The molecule has 2 heteroatoms. The normalized spacial score (nSPS) is 10.5. The summed E-state index contributed by atoms with van der Waals surface area (Å²) in [5, 5.41) is 0. The van der Waals surface area contributed by atoms with E-state index >= 15 is 0 Å². The molecular weight excluding hydrogens is 208 g/mol. The van der Waals surface area contributed by atoms with Gasteiger partial charge in [0.1, 0.15) is 0 Å². The first-order valence-corrected chi connectivity index (χ1v) is 5.77. The van der Waals surface area contributed by atoms with Gasteiger partial charge in [-0.2, -0.15) is 0 Å². The van der Waals surface area contributed by atoms with Gasteiger partial charge in [0.2, 0.25) is 0 Å². The second kappa shape index (κ2) is 4.50. The minimum absolute atomic E-state index is 0.793. The van der Waals surface area contributed by atoms with Crippen molar-refractivity contribution in [1.82, 2.24) is 0 Å². The minimum atomic E-state index is 0.793. The lowest BCUT2D eigenvalue weighted by Gasteiger charge is -2.11. The van der Waals surface area contributed by atoms with Crippen LogP contribution in [0.1, 0.15) is 22.3 Å². The van der Waals surface area contributed by atoms with Gasteiger partial charge < -0.3 is 11.5 Å². The summed E-state index contributed by atoms with van der Waals surface area (Å²) in [6, 6.07) is 12.2. The van der Waals surface area contributed by atoms with Crippen LogP contribution in [-0.2, 0) is 6.42 Å². The number of aryl methyl sites for hydroxylation is 2. The number of nitrogen functional groups attached to an aromatic ring is 2. The molecule has 0 atom stereocenters. The van der Waals surface area contributed by atoms with Crippen LogP contribution in [0.3, 0.4) is 0 Å². The molecule has 88 valence electrons. The van der Waals surface area contributed by atoms with E-state index in [9.17, 15) is 0 Å². The molecule has 0 heterocycles. The number of nitrogens with two attached hydrogens (primary N) is 2. The molecular formula is C15H18N2. The van der Waals surface area contributed by atoms with Gasteiger partial charge in [0.25, 0.3) is 0 Å². The Kier molecular flexibility index (Phi) is 3.05. The zero-order valence-electron chi connectivity index (χ0n) is 10.3. The first kappa shape index (κ1) is 11.5. The molecule has 4 N–H and O–H groups in total. The lowest BCUT2D eigenvalue weighted by atomic mass is 9.98. The zero-order chi connectivity index (χ0) is 12.4. The molecule has 2 nitrogen and oxygen atoms in total. The third kappa shape index (κ3) is 2.26. The molecule has 0 fully saturated rings. The Labute approximate surface area is 102 Å². The summed E-state index contributed by atoms with van der Waals surface area (Å²) in [7, 11) is 0. The first-order chi connectivity index (χ1) is 8.09. The Bertz CT molecular complexity index is 495. The maximum atomic E-state index is 6.08. The van der Waals surface area contributed by atoms with Crippen LogP contribution in [0.2, 0.25) is 0 Å². The van der Waals surface area contributed by atoms with Gasteiger partial charge in [-0.1, -0.05) is 36.4 Å². The van der Waals surface area contributed by atoms with Gasteiger partial charge in [-0.3, -0.25) is 0 Å². The molecule has 0 radical (unpaired) electrons. The lowest BCUT2D eigenvalue weighted by molar-refractivity contribution is 1.18. The Morgan fingerprint density at radius 1 is 0.765 bits per heavy atom. The molecule has 2 aromatic carbocycles. The van der Waals surface area contributed by atoms with Crippen LogP contribution >= 0.6 is 0 Å². The van der Waals surface area contributed by atoms with E-state index < -0.39 is 0 Å². The average Bonchev–Trinajstić information content (AvgIpc) is 2.31. The summed E-state index contributed by atoms with van der Waals surface area (Å²) in [5.41, 5.74) is 18.4. The van der Waals surface area contributed by atoms with Crippen LogP contribution in [0.5, 0.6) is 0 Å². The predicted octanol–water partition coefficient (Wildman–Crippen LogP) is 3.06. The van der Waals surface area contributed by atoms with Gasteiger partial charge in [-0.15, -0.1) is 0 Å². The van der Waals surface area contributed by atoms with E-state index in [0.717, 1.165) is 40.0 Å². The molecule has 0 unspecified atom stereocenters.